The van der Waals surface area contributed by atoms with Gasteiger partial charge in [-0.2, -0.15) is 0 Å². The smallest absolute Gasteiger partial charge is 0.144 e. The van der Waals surface area contributed by atoms with Crippen molar-refractivity contribution in [3.63, 3.8) is 0 Å². The molecule has 0 unspecified atom stereocenters. The van der Waals surface area contributed by atoms with Crippen LogP contribution in [0.4, 0.5) is 17.2 Å². The fourth-order valence-corrected chi connectivity index (χ4v) is 2.06. The molecular formula is C14H16BrN3. The van der Waals surface area contributed by atoms with E-state index in [4.69, 9.17) is 0 Å². The number of hydrogen-bond acceptors (Lipinski definition) is 3. The van der Waals surface area contributed by atoms with Crippen molar-refractivity contribution in [1.29, 1.82) is 0 Å². The molecular weight excluding hydrogens is 290 g/mol. The van der Waals surface area contributed by atoms with Gasteiger partial charge in [-0.1, -0.05) is 12.1 Å². The maximum absolute atomic E-state index is 4.36. The molecule has 0 amide bonds. The van der Waals surface area contributed by atoms with Crippen molar-refractivity contribution in [3.8, 4) is 0 Å². The Kier molecular flexibility index (Phi) is 3.87. The molecule has 18 heavy (non-hydrogen) atoms. The van der Waals surface area contributed by atoms with Crippen LogP contribution in [-0.4, -0.2) is 19.1 Å². The number of halogens is 1. The first-order valence-electron chi connectivity index (χ1n) is 5.74. The first-order chi connectivity index (χ1) is 8.59. The van der Waals surface area contributed by atoms with Crippen molar-refractivity contribution in [3.05, 3.63) is 46.6 Å². The molecule has 1 aromatic carbocycles. The zero-order valence-corrected chi connectivity index (χ0v) is 12.3. The summed E-state index contributed by atoms with van der Waals surface area (Å²) >= 11 is 3.56. The molecule has 0 aliphatic carbocycles. The second-order valence-corrected chi connectivity index (χ2v) is 5.12. The predicted molar refractivity (Wildman–Crippen MR) is 80.7 cm³/mol. The van der Waals surface area contributed by atoms with Gasteiger partial charge in [-0.15, -0.1) is 0 Å². The number of pyridine rings is 1. The summed E-state index contributed by atoms with van der Waals surface area (Å²) in [5.41, 5.74) is 3.34. The first kappa shape index (κ1) is 12.9. The Hall–Kier alpha value is -1.55. The number of rotatable bonds is 3. The fraction of sp³-hybridized carbons (Fsp3) is 0.214. The normalized spacial score (nSPS) is 10.2. The van der Waals surface area contributed by atoms with Gasteiger partial charge in [0.15, 0.2) is 0 Å². The second kappa shape index (κ2) is 5.40. The molecule has 2 rings (SSSR count). The van der Waals surface area contributed by atoms with E-state index in [0.29, 0.717) is 0 Å². The van der Waals surface area contributed by atoms with Crippen molar-refractivity contribution in [2.24, 2.45) is 0 Å². The van der Waals surface area contributed by atoms with Crippen LogP contribution in [0.5, 0.6) is 0 Å². The maximum atomic E-state index is 4.36. The summed E-state index contributed by atoms with van der Waals surface area (Å²) < 4.78 is 0.999. The van der Waals surface area contributed by atoms with Crippen molar-refractivity contribution >= 4 is 33.1 Å². The molecule has 1 N–H and O–H groups in total. The number of nitrogens with zero attached hydrogens (tertiary/aromatic N) is 2. The van der Waals surface area contributed by atoms with E-state index in [1.54, 1.807) is 6.20 Å². The number of aryl methyl sites for hydroxylation is 1. The molecule has 4 heteroatoms. The molecule has 0 fully saturated rings. The summed E-state index contributed by atoms with van der Waals surface area (Å²) in [5.74, 6) is 0.837. The Labute approximate surface area is 116 Å². The van der Waals surface area contributed by atoms with Crippen molar-refractivity contribution < 1.29 is 0 Å². The van der Waals surface area contributed by atoms with E-state index in [2.05, 4.69) is 44.1 Å². The van der Waals surface area contributed by atoms with E-state index in [0.717, 1.165) is 27.2 Å². The lowest BCUT2D eigenvalue weighted by molar-refractivity contribution is 1.13. The number of anilines is 3. The van der Waals surface area contributed by atoms with Crippen LogP contribution in [0.2, 0.25) is 0 Å². The first-order valence-corrected chi connectivity index (χ1v) is 6.53. The molecule has 1 heterocycles. The minimum atomic E-state index is 0.837. The fourth-order valence-electron chi connectivity index (χ4n) is 1.72. The second-order valence-electron chi connectivity index (χ2n) is 4.33. The molecule has 0 aliphatic rings. The Morgan fingerprint density at radius 3 is 2.61 bits per heavy atom. The summed E-state index contributed by atoms with van der Waals surface area (Å²) in [7, 11) is 4.05. The molecule has 0 spiro atoms. The van der Waals surface area contributed by atoms with Crippen molar-refractivity contribution in [1.82, 2.24) is 4.98 Å². The van der Waals surface area contributed by atoms with Gasteiger partial charge in [0.2, 0.25) is 0 Å². The van der Waals surface area contributed by atoms with Gasteiger partial charge in [0, 0.05) is 20.3 Å². The van der Waals surface area contributed by atoms with Crippen LogP contribution in [0.3, 0.4) is 0 Å². The third kappa shape index (κ3) is 2.64. The Morgan fingerprint density at radius 2 is 1.89 bits per heavy atom. The average Bonchev–Trinajstić information content (AvgIpc) is 2.35. The van der Waals surface area contributed by atoms with Gasteiger partial charge in [0.1, 0.15) is 5.82 Å². The van der Waals surface area contributed by atoms with Gasteiger partial charge in [-0.25, -0.2) is 4.98 Å². The molecule has 1 aromatic heterocycles. The average molecular weight is 306 g/mol. The highest BCUT2D eigenvalue weighted by molar-refractivity contribution is 9.10. The van der Waals surface area contributed by atoms with E-state index in [-0.39, 0.29) is 0 Å². The van der Waals surface area contributed by atoms with Crippen molar-refractivity contribution in [2.75, 3.05) is 24.3 Å². The lowest BCUT2D eigenvalue weighted by Crippen LogP contribution is -2.11. The summed E-state index contributed by atoms with van der Waals surface area (Å²) in [6, 6.07) is 10.1. The lowest BCUT2D eigenvalue weighted by atomic mass is 10.2. The molecule has 0 radical (unpaired) electrons. The number of para-hydroxylation sites is 2. The Balaban J connectivity index is 2.37. The number of aromatic nitrogens is 1. The molecule has 0 saturated carbocycles. The standard InChI is InChI=1S/C14H16BrN3/c1-10-8-9-16-14(13(10)15)17-11-6-4-5-7-12(11)18(2)3/h4-9H,1-3H3,(H,16,17). The topological polar surface area (TPSA) is 28.2 Å². The summed E-state index contributed by atoms with van der Waals surface area (Å²) in [6.07, 6.45) is 1.81. The molecule has 0 aliphatic heterocycles. The summed E-state index contributed by atoms with van der Waals surface area (Å²) in [5, 5.41) is 3.36. The predicted octanol–water partition coefficient (Wildman–Crippen LogP) is 3.96. The third-order valence-electron chi connectivity index (χ3n) is 2.72. The summed E-state index contributed by atoms with van der Waals surface area (Å²) in [4.78, 5) is 6.43. The van der Waals surface area contributed by atoms with Crippen LogP contribution in [0, 0.1) is 6.92 Å². The van der Waals surface area contributed by atoms with Gasteiger partial charge < -0.3 is 10.2 Å². The van der Waals surface area contributed by atoms with Crippen LogP contribution in [0.1, 0.15) is 5.56 Å². The third-order valence-corrected chi connectivity index (χ3v) is 3.72. The molecule has 0 saturated heterocycles. The van der Waals surface area contributed by atoms with E-state index in [1.807, 2.05) is 38.4 Å². The van der Waals surface area contributed by atoms with Gasteiger partial charge >= 0.3 is 0 Å². The Morgan fingerprint density at radius 1 is 1.17 bits per heavy atom. The van der Waals surface area contributed by atoms with Crippen molar-refractivity contribution in [2.45, 2.75) is 6.92 Å². The van der Waals surface area contributed by atoms with E-state index < -0.39 is 0 Å². The monoisotopic (exact) mass is 305 g/mol. The van der Waals surface area contributed by atoms with Gasteiger partial charge in [0.05, 0.1) is 15.8 Å². The molecule has 0 bridgehead atoms. The largest absolute Gasteiger partial charge is 0.376 e. The lowest BCUT2D eigenvalue weighted by Gasteiger charge is -2.18. The van der Waals surface area contributed by atoms with E-state index in [1.165, 1.54) is 0 Å². The van der Waals surface area contributed by atoms with E-state index in [9.17, 15) is 0 Å². The molecule has 94 valence electrons. The highest BCUT2D eigenvalue weighted by Crippen LogP contribution is 2.30. The van der Waals surface area contributed by atoms with Crippen LogP contribution < -0.4 is 10.2 Å². The minimum Gasteiger partial charge on any atom is -0.376 e. The highest BCUT2D eigenvalue weighted by atomic mass is 79.9. The quantitative estimate of drug-likeness (QED) is 0.930. The van der Waals surface area contributed by atoms with Gasteiger partial charge in [-0.05, 0) is 46.6 Å². The SMILES string of the molecule is Cc1ccnc(Nc2ccccc2N(C)C)c1Br. The molecule has 3 nitrogen and oxygen atoms in total. The van der Waals surface area contributed by atoms with Crippen LogP contribution in [-0.2, 0) is 0 Å². The van der Waals surface area contributed by atoms with Crippen LogP contribution >= 0.6 is 15.9 Å². The van der Waals surface area contributed by atoms with Crippen LogP contribution in [0.25, 0.3) is 0 Å². The van der Waals surface area contributed by atoms with E-state index >= 15 is 0 Å². The highest BCUT2D eigenvalue weighted by Gasteiger charge is 2.08. The molecule has 2 aromatic rings. The maximum Gasteiger partial charge on any atom is 0.144 e. The number of benzene rings is 1. The molecule has 0 atom stereocenters. The minimum absolute atomic E-state index is 0.837. The Bertz CT molecular complexity index is 552. The van der Waals surface area contributed by atoms with Gasteiger partial charge in [-0.3, -0.25) is 0 Å². The summed E-state index contributed by atoms with van der Waals surface area (Å²) in [6.45, 7) is 2.05. The zero-order chi connectivity index (χ0) is 13.1. The zero-order valence-electron chi connectivity index (χ0n) is 10.7. The number of nitrogens with one attached hydrogen (secondary N) is 1. The van der Waals surface area contributed by atoms with Crippen LogP contribution in [0.15, 0.2) is 41.0 Å². The van der Waals surface area contributed by atoms with Gasteiger partial charge in [0.25, 0.3) is 0 Å². The number of hydrogen-bond donors (Lipinski definition) is 1.